The normalized spacial score (nSPS) is 18.8. The van der Waals surface area contributed by atoms with Crippen molar-refractivity contribution < 1.29 is 14.1 Å². The van der Waals surface area contributed by atoms with Gasteiger partial charge in [0.2, 0.25) is 11.8 Å². The van der Waals surface area contributed by atoms with Gasteiger partial charge < -0.3 is 14.6 Å². The molecule has 1 unspecified atom stereocenters. The zero-order valence-electron chi connectivity index (χ0n) is 14.5. The van der Waals surface area contributed by atoms with E-state index in [-0.39, 0.29) is 11.9 Å². The second-order valence-electron chi connectivity index (χ2n) is 6.74. The van der Waals surface area contributed by atoms with Gasteiger partial charge in [0.05, 0.1) is 12.6 Å². The molecule has 0 bridgehead atoms. The van der Waals surface area contributed by atoms with E-state index in [1.165, 1.54) is 11.1 Å². The van der Waals surface area contributed by atoms with E-state index in [0.29, 0.717) is 31.3 Å². The Morgan fingerprint density at radius 3 is 3.04 bits per heavy atom. The second kappa shape index (κ2) is 6.86. The Morgan fingerprint density at radius 2 is 2.24 bits per heavy atom. The molecule has 1 atom stereocenters. The predicted molar refractivity (Wildman–Crippen MR) is 91.4 cm³/mol. The summed E-state index contributed by atoms with van der Waals surface area (Å²) in [5.41, 5.74) is 2.40. The molecule has 6 heteroatoms. The van der Waals surface area contributed by atoms with Crippen molar-refractivity contribution >= 4 is 5.91 Å². The zero-order valence-corrected chi connectivity index (χ0v) is 14.5. The summed E-state index contributed by atoms with van der Waals surface area (Å²) in [5, 5.41) is 7.12. The van der Waals surface area contributed by atoms with Crippen molar-refractivity contribution in [3.63, 3.8) is 0 Å². The molecule has 1 saturated carbocycles. The monoisotopic (exact) mass is 341 g/mol. The summed E-state index contributed by atoms with van der Waals surface area (Å²) in [7, 11) is 0. The van der Waals surface area contributed by atoms with Gasteiger partial charge in [0.25, 0.3) is 0 Å². The first-order valence-electron chi connectivity index (χ1n) is 9.11. The number of carbonyl (C=O) groups is 1. The Morgan fingerprint density at radius 1 is 1.36 bits per heavy atom. The highest BCUT2D eigenvalue weighted by Crippen LogP contribution is 2.38. The lowest BCUT2D eigenvalue weighted by Gasteiger charge is -2.15. The number of rotatable bonds is 7. The van der Waals surface area contributed by atoms with Gasteiger partial charge in [-0.15, -0.1) is 0 Å². The molecular formula is C19H23N3O3. The molecule has 1 N–H and O–H groups in total. The molecule has 2 aromatic rings. The number of amides is 1. The van der Waals surface area contributed by atoms with Crippen LogP contribution in [0.1, 0.15) is 67.4 Å². The summed E-state index contributed by atoms with van der Waals surface area (Å²) in [5.74, 6) is 2.79. The van der Waals surface area contributed by atoms with Gasteiger partial charge in [-0.05, 0) is 49.8 Å². The molecular weight excluding hydrogens is 318 g/mol. The second-order valence-corrected chi connectivity index (χ2v) is 6.74. The molecule has 1 fully saturated rings. The van der Waals surface area contributed by atoms with Crippen LogP contribution in [0.3, 0.4) is 0 Å². The first kappa shape index (κ1) is 16.1. The van der Waals surface area contributed by atoms with E-state index in [2.05, 4.69) is 21.5 Å². The largest absolute Gasteiger partial charge is 0.494 e. The number of nitrogens with zero attached hydrogens (tertiary/aromatic N) is 2. The summed E-state index contributed by atoms with van der Waals surface area (Å²) in [6, 6.07) is 6.13. The van der Waals surface area contributed by atoms with Crippen LogP contribution in [0.5, 0.6) is 5.75 Å². The molecule has 1 aromatic carbocycles. The van der Waals surface area contributed by atoms with Gasteiger partial charge in [-0.3, -0.25) is 4.79 Å². The summed E-state index contributed by atoms with van der Waals surface area (Å²) < 4.78 is 10.9. The number of aromatic nitrogens is 2. The Kier molecular flexibility index (Phi) is 4.42. The third-order valence-corrected chi connectivity index (χ3v) is 4.85. The maximum Gasteiger partial charge on any atom is 0.227 e. The van der Waals surface area contributed by atoms with E-state index in [1.54, 1.807) is 0 Å². The van der Waals surface area contributed by atoms with Gasteiger partial charge in [0.15, 0.2) is 5.82 Å². The van der Waals surface area contributed by atoms with Gasteiger partial charge in [-0.25, -0.2) is 0 Å². The van der Waals surface area contributed by atoms with Gasteiger partial charge in [-0.2, -0.15) is 4.98 Å². The fourth-order valence-corrected chi connectivity index (χ4v) is 3.43. The number of hydrogen-bond acceptors (Lipinski definition) is 5. The van der Waals surface area contributed by atoms with Gasteiger partial charge in [0, 0.05) is 18.8 Å². The van der Waals surface area contributed by atoms with Crippen LogP contribution in [-0.4, -0.2) is 22.7 Å². The first-order chi connectivity index (χ1) is 12.2. The van der Waals surface area contributed by atoms with Crippen LogP contribution in [0.2, 0.25) is 0 Å². The third kappa shape index (κ3) is 3.52. The summed E-state index contributed by atoms with van der Waals surface area (Å²) >= 11 is 0. The van der Waals surface area contributed by atoms with Crippen molar-refractivity contribution in [2.75, 3.05) is 6.61 Å². The van der Waals surface area contributed by atoms with Crippen molar-refractivity contribution in [3.8, 4) is 5.75 Å². The van der Waals surface area contributed by atoms with Gasteiger partial charge in [-0.1, -0.05) is 17.3 Å². The standard InChI is InChI=1S/C19H23N3O3/c1-2-24-16-5-3-4-13-14(16)8-9-15(13)20-17(23)10-11-18-21-19(22-25-18)12-6-7-12/h3-5,12,15H,2,6-11H2,1H3,(H,20,23). The molecule has 0 spiro atoms. The highest BCUT2D eigenvalue weighted by atomic mass is 16.5. The van der Waals surface area contributed by atoms with Crippen LogP contribution in [0, 0.1) is 0 Å². The molecule has 25 heavy (non-hydrogen) atoms. The number of ether oxygens (including phenoxy) is 1. The SMILES string of the molecule is CCOc1cccc2c1CCC2NC(=O)CCc1nc(C2CC2)no1. The number of nitrogens with one attached hydrogen (secondary N) is 1. The Hall–Kier alpha value is -2.37. The molecule has 132 valence electrons. The summed E-state index contributed by atoms with van der Waals surface area (Å²) in [4.78, 5) is 16.7. The topological polar surface area (TPSA) is 77.2 Å². The Balaban J connectivity index is 1.33. The van der Waals surface area contributed by atoms with E-state index in [9.17, 15) is 4.79 Å². The molecule has 1 amide bonds. The number of carbonyl (C=O) groups excluding carboxylic acids is 1. The van der Waals surface area contributed by atoms with E-state index in [4.69, 9.17) is 9.26 Å². The number of fused-ring (bicyclic) bond motifs is 1. The third-order valence-electron chi connectivity index (χ3n) is 4.85. The molecule has 6 nitrogen and oxygen atoms in total. The maximum atomic E-state index is 12.3. The molecule has 0 aliphatic heterocycles. The maximum absolute atomic E-state index is 12.3. The smallest absolute Gasteiger partial charge is 0.227 e. The quantitative estimate of drug-likeness (QED) is 0.837. The molecule has 0 radical (unpaired) electrons. The average Bonchev–Trinajstić information content (AvgIpc) is 3.22. The van der Waals surface area contributed by atoms with Crippen LogP contribution < -0.4 is 10.1 Å². The van der Waals surface area contributed by atoms with Crippen LogP contribution in [0.4, 0.5) is 0 Å². The minimum absolute atomic E-state index is 0.0193. The van der Waals surface area contributed by atoms with Gasteiger partial charge in [0.1, 0.15) is 5.75 Å². The number of hydrogen-bond donors (Lipinski definition) is 1. The minimum Gasteiger partial charge on any atom is -0.494 e. The van der Waals surface area contributed by atoms with Crippen molar-refractivity contribution in [1.29, 1.82) is 0 Å². The minimum atomic E-state index is 0.0193. The highest BCUT2D eigenvalue weighted by molar-refractivity contribution is 5.76. The highest BCUT2D eigenvalue weighted by Gasteiger charge is 2.29. The first-order valence-corrected chi connectivity index (χ1v) is 9.11. The molecule has 4 rings (SSSR count). The average molecular weight is 341 g/mol. The van der Waals surface area contributed by atoms with Crippen LogP contribution in [-0.2, 0) is 17.6 Å². The van der Waals surface area contributed by atoms with Crippen LogP contribution in [0.15, 0.2) is 22.7 Å². The molecule has 1 heterocycles. The molecule has 2 aliphatic rings. The Labute approximate surface area is 147 Å². The van der Waals surface area contributed by atoms with Crippen molar-refractivity contribution in [3.05, 3.63) is 41.0 Å². The fraction of sp³-hybridized carbons (Fsp3) is 0.526. The van der Waals surface area contributed by atoms with E-state index in [0.717, 1.165) is 37.3 Å². The van der Waals surface area contributed by atoms with E-state index >= 15 is 0 Å². The van der Waals surface area contributed by atoms with Crippen molar-refractivity contribution in [2.45, 2.75) is 57.4 Å². The molecule has 2 aliphatic carbocycles. The van der Waals surface area contributed by atoms with E-state index < -0.39 is 0 Å². The Bertz CT molecular complexity index is 767. The number of aryl methyl sites for hydroxylation is 1. The lowest BCUT2D eigenvalue weighted by atomic mass is 10.1. The fourth-order valence-electron chi connectivity index (χ4n) is 3.43. The van der Waals surface area contributed by atoms with E-state index in [1.807, 2.05) is 19.1 Å². The lowest BCUT2D eigenvalue weighted by molar-refractivity contribution is -0.121. The van der Waals surface area contributed by atoms with Crippen LogP contribution in [0.25, 0.3) is 0 Å². The summed E-state index contributed by atoms with van der Waals surface area (Å²) in [6.45, 7) is 2.64. The van der Waals surface area contributed by atoms with Crippen LogP contribution >= 0.6 is 0 Å². The molecule has 1 aromatic heterocycles. The van der Waals surface area contributed by atoms with Crippen molar-refractivity contribution in [1.82, 2.24) is 15.5 Å². The van der Waals surface area contributed by atoms with Gasteiger partial charge >= 0.3 is 0 Å². The predicted octanol–water partition coefficient (Wildman–Crippen LogP) is 3.08. The number of benzene rings is 1. The molecule has 0 saturated heterocycles. The van der Waals surface area contributed by atoms with Crippen molar-refractivity contribution in [2.24, 2.45) is 0 Å². The summed E-state index contributed by atoms with van der Waals surface area (Å²) in [6.07, 6.45) is 4.99. The lowest BCUT2D eigenvalue weighted by Crippen LogP contribution is -2.27. The zero-order chi connectivity index (χ0) is 17.2.